The molecule has 2 amide bonds. The molecule has 3 rings (SSSR count). The van der Waals surface area contributed by atoms with E-state index in [0.717, 1.165) is 49.7 Å². The van der Waals surface area contributed by atoms with Crippen LogP contribution in [-0.2, 0) is 22.6 Å². The molecule has 0 radical (unpaired) electrons. The van der Waals surface area contributed by atoms with E-state index in [4.69, 9.17) is 24.2 Å². The van der Waals surface area contributed by atoms with Gasteiger partial charge in [-0.25, -0.2) is 5.48 Å². The number of unbranched alkanes of at least 4 members (excludes halogenated alkanes) is 4. The molecule has 0 unspecified atom stereocenters. The lowest BCUT2D eigenvalue weighted by Crippen LogP contribution is -2.34. The molecule has 2 aromatic carbocycles. The normalized spacial score (nSPS) is 12.7. The zero-order valence-corrected chi connectivity index (χ0v) is 22.5. The number of carbonyl (C=O) groups excluding carboxylic acids is 2. The summed E-state index contributed by atoms with van der Waals surface area (Å²) >= 11 is 0. The number of rotatable bonds is 14. The van der Waals surface area contributed by atoms with Crippen LogP contribution in [0.1, 0.15) is 55.2 Å². The van der Waals surface area contributed by atoms with E-state index in [1.807, 2.05) is 35.2 Å². The average Bonchev–Trinajstić information content (AvgIpc) is 2.96. The molecule has 2 N–H and O–H groups in total. The molecule has 0 saturated carbocycles. The van der Waals surface area contributed by atoms with Gasteiger partial charge in [0.15, 0.2) is 23.0 Å². The van der Waals surface area contributed by atoms with Gasteiger partial charge < -0.3 is 23.8 Å². The fraction of sp³-hybridized carbons (Fsp3) is 0.448. The summed E-state index contributed by atoms with van der Waals surface area (Å²) in [4.78, 5) is 25.7. The first-order chi connectivity index (χ1) is 18.5. The van der Waals surface area contributed by atoms with Crippen molar-refractivity contribution in [2.24, 2.45) is 0 Å². The van der Waals surface area contributed by atoms with Gasteiger partial charge in [-0.1, -0.05) is 25.3 Å². The number of hydroxylamine groups is 1. The Labute approximate surface area is 224 Å². The van der Waals surface area contributed by atoms with Crippen LogP contribution in [0.3, 0.4) is 0 Å². The van der Waals surface area contributed by atoms with Crippen LogP contribution in [-0.4, -0.2) is 56.4 Å². The number of ether oxygens (including phenoxy) is 4. The van der Waals surface area contributed by atoms with Crippen molar-refractivity contribution in [3.8, 4) is 23.0 Å². The van der Waals surface area contributed by atoms with E-state index in [1.165, 1.54) is 5.56 Å². The van der Waals surface area contributed by atoms with E-state index in [9.17, 15) is 9.59 Å². The second-order valence-corrected chi connectivity index (χ2v) is 9.13. The lowest BCUT2D eigenvalue weighted by molar-refractivity contribution is -0.129. The Morgan fingerprint density at radius 2 is 1.55 bits per heavy atom. The van der Waals surface area contributed by atoms with E-state index in [0.29, 0.717) is 49.1 Å². The number of hydrogen-bond donors (Lipinski definition) is 2. The Bertz CT molecular complexity index is 1120. The van der Waals surface area contributed by atoms with Crippen LogP contribution in [0.5, 0.6) is 23.0 Å². The lowest BCUT2D eigenvalue weighted by Gasteiger charge is -2.28. The molecule has 206 valence electrons. The van der Waals surface area contributed by atoms with Crippen LogP contribution >= 0.6 is 0 Å². The van der Waals surface area contributed by atoms with Gasteiger partial charge in [0.2, 0.25) is 11.8 Å². The Hall–Kier alpha value is -3.72. The Kier molecular flexibility index (Phi) is 11.3. The zero-order valence-electron chi connectivity index (χ0n) is 22.5. The second-order valence-electron chi connectivity index (χ2n) is 9.13. The van der Waals surface area contributed by atoms with Gasteiger partial charge in [-0.2, -0.15) is 0 Å². The van der Waals surface area contributed by atoms with Crippen molar-refractivity contribution in [3.63, 3.8) is 0 Å². The summed E-state index contributed by atoms with van der Waals surface area (Å²) in [6.07, 6.45) is 9.05. The molecule has 0 spiro atoms. The van der Waals surface area contributed by atoms with Crippen LogP contribution in [0.2, 0.25) is 0 Å². The highest BCUT2D eigenvalue weighted by Gasteiger charge is 2.21. The smallest absolute Gasteiger partial charge is 0.246 e. The van der Waals surface area contributed by atoms with Gasteiger partial charge in [0.1, 0.15) is 0 Å². The highest BCUT2D eigenvalue weighted by Crippen LogP contribution is 2.33. The Morgan fingerprint density at radius 1 is 0.895 bits per heavy atom. The van der Waals surface area contributed by atoms with Gasteiger partial charge in [0.05, 0.1) is 27.9 Å². The van der Waals surface area contributed by atoms with Crippen molar-refractivity contribution in [2.75, 3.05) is 34.5 Å². The maximum atomic E-state index is 12.9. The van der Waals surface area contributed by atoms with Crippen molar-refractivity contribution >= 4 is 17.9 Å². The van der Waals surface area contributed by atoms with Crippen molar-refractivity contribution < 1.29 is 33.7 Å². The van der Waals surface area contributed by atoms with Crippen LogP contribution in [0.4, 0.5) is 0 Å². The number of nitrogens with one attached hydrogen (secondary N) is 1. The highest BCUT2D eigenvalue weighted by molar-refractivity contribution is 5.92. The molecule has 0 bridgehead atoms. The summed E-state index contributed by atoms with van der Waals surface area (Å²) in [5.74, 6) is 2.24. The maximum absolute atomic E-state index is 12.9. The predicted molar refractivity (Wildman–Crippen MR) is 144 cm³/mol. The minimum atomic E-state index is -0.345. The molecule has 0 fully saturated rings. The van der Waals surface area contributed by atoms with Crippen LogP contribution in [0, 0.1) is 0 Å². The van der Waals surface area contributed by atoms with E-state index in [-0.39, 0.29) is 11.8 Å². The Balaban J connectivity index is 1.48. The van der Waals surface area contributed by atoms with Crippen LogP contribution in [0.15, 0.2) is 36.4 Å². The molecule has 9 heteroatoms. The monoisotopic (exact) mass is 526 g/mol. The van der Waals surface area contributed by atoms with E-state index < -0.39 is 0 Å². The molecule has 2 aromatic rings. The number of fused-ring (bicyclic) bond motifs is 1. The number of nitrogens with zero attached hydrogens (tertiary/aromatic N) is 1. The molecule has 1 aliphatic rings. The zero-order chi connectivity index (χ0) is 27.3. The third-order valence-corrected chi connectivity index (χ3v) is 6.57. The number of hydrogen-bond acceptors (Lipinski definition) is 7. The van der Waals surface area contributed by atoms with Crippen LogP contribution < -0.4 is 24.4 Å². The first kappa shape index (κ1) is 28.8. The maximum Gasteiger partial charge on any atom is 0.246 e. The fourth-order valence-electron chi connectivity index (χ4n) is 4.41. The highest BCUT2D eigenvalue weighted by atomic mass is 16.5. The van der Waals surface area contributed by atoms with E-state index >= 15 is 0 Å². The number of methoxy groups -OCH3 is 3. The third-order valence-electron chi connectivity index (χ3n) is 6.57. The molecule has 1 heterocycles. The van der Waals surface area contributed by atoms with Gasteiger partial charge in [-0.15, -0.1) is 0 Å². The van der Waals surface area contributed by atoms with Crippen molar-refractivity contribution in [2.45, 2.75) is 51.5 Å². The number of amides is 2. The SMILES string of the molecule is COc1cc2c(cc1OC)CN(C(=O)C=Cc1ccc(OCCCCCCCC(=O)NO)c(OC)c1)CC2. The van der Waals surface area contributed by atoms with Crippen LogP contribution in [0.25, 0.3) is 6.08 Å². The summed E-state index contributed by atoms with van der Waals surface area (Å²) in [5, 5.41) is 8.49. The summed E-state index contributed by atoms with van der Waals surface area (Å²) in [6.45, 7) is 1.72. The molecule has 0 saturated heterocycles. The van der Waals surface area contributed by atoms with Crippen molar-refractivity contribution in [1.29, 1.82) is 0 Å². The first-order valence-corrected chi connectivity index (χ1v) is 12.9. The predicted octanol–water partition coefficient (Wildman–Crippen LogP) is 4.54. The van der Waals surface area contributed by atoms with Crippen molar-refractivity contribution in [1.82, 2.24) is 10.4 Å². The molecule has 9 nitrogen and oxygen atoms in total. The molecular weight excluding hydrogens is 488 g/mol. The minimum Gasteiger partial charge on any atom is -0.493 e. The summed E-state index contributed by atoms with van der Waals surface area (Å²) in [5.41, 5.74) is 4.72. The first-order valence-electron chi connectivity index (χ1n) is 12.9. The quantitative estimate of drug-likeness (QED) is 0.161. The Morgan fingerprint density at radius 3 is 2.26 bits per heavy atom. The largest absolute Gasteiger partial charge is 0.493 e. The second kappa shape index (κ2) is 14.9. The molecule has 1 aliphatic heterocycles. The molecule has 0 atom stereocenters. The van der Waals surface area contributed by atoms with Gasteiger partial charge in [0, 0.05) is 25.6 Å². The summed E-state index contributed by atoms with van der Waals surface area (Å²) < 4.78 is 22.2. The molecule has 0 aliphatic carbocycles. The van der Waals surface area contributed by atoms with Crippen molar-refractivity contribution in [3.05, 3.63) is 53.1 Å². The summed E-state index contributed by atoms with van der Waals surface area (Å²) in [7, 11) is 4.82. The lowest BCUT2D eigenvalue weighted by atomic mass is 9.98. The minimum absolute atomic E-state index is 0.0540. The van der Waals surface area contributed by atoms with Gasteiger partial charge in [0.25, 0.3) is 0 Å². The van der Waals surface area contributed by atoms with E-state index in [2.05, 4.69) is 0 Å². The standard InChI is InChI=1S/C29H38N2O7/c1-35-25-17-21(10-12-24(25)38-16-8-6-4-5-7-9-28(32)30-34)11-13-29(33)31-15-14-22-18-26(36-2)27(37-3)19-23(22)20-31/h10-13,17-19,34H,4-9,14-16,20H2,1-3H3,(H,30,32). The molecular formula is C29H38N2O7. The molecule has 0 aromatic heterocycles. The number of carbonyl (C=O) groups is 2. The average molecular weight is 527 g/mol. The fourth-order valence-corrected chi connectivity index (χ4v) is 4.41. The van der Waals surface area contributed by atoms with Gasteiger partial charge in [-0.05, 0) is 66.3 Å². The topological polar surface area (TPSA) is 107 Å². The van der Waals surface area contributed by atoms with Gasteiger partial charge in [-0.3, -0.25) is 14.8 Å². The summed E-state index contributed by atoms with van der Waals surface area (Å²) in [6, 6.07) is 9.54. The third kappa shape index (κ3) is 8.14. The van der Waals surface area contributed by atoms with E-state index in [1.54, 1.807) is 39.0 Å². The molecule has 38 heavy (non-hydrogen) atoms. The van der Waals surface area contributed by atoms with Gasteiger partial charge >= 0.3 is 0 Å². The number of benzene rings is 2.